The van der Waals surface area contributed by atoms with E-state index in [2.05, 4.69) is 0 Å². The lowest BCUT2D eigenvalue weighted by Crippen LogP contribution is -2.08. The summed E-state index contributed by atoms with van der Waals surface area (Å²) in [5.41, 5.74) is 5.78. The number of aromatic hydroxyl groups is 1. The zero-order valence-electron chi connectivity index (χ0n) is 27.7. The minimum absolute atomic E-state index is 0.0672. The molecule has 0 amide bonds. The molecule has 246 valence electrons. The van der Waals surface area contributed by atoms with E-state index >= 15 is 0 Å². The summed E-state index contributed by atoms with van der Waals surface area (Å²) in [6.45, 7) is 2.68. The molecular weight excluding hydrogens is 620 g/mol. The minimum atomic E-state index is -0.421. The van der Waals surface area contributed by atoms with Gasteiger partial charge in [0.25, 0.3) is 0 Å². The molecule has 0 aliphatic rings. The highest BCUT2D eigenvalue weighted by Crippen LogP contribution is 2.37. The highest BCUT2D eigenvalue weighted by Gasteiger charge is 2.24. The summed E-state index contributed by atoms with van der Waals surface area (Å²) >= 11 is 0. The first-order valence-electron chi connectivity index (χ1n) is 16.3. The molecular formula is C45H36O5. The summed E-state index contributed by atoms with van der Waals surface area (Å²) in [5, 5.41) is 11.1. The van der Waals surface area contributed by atoms with Crippen molar-refractivity contribution >= 4 is 23.7 Å². The van der Waals surface area contributed by atoms with E-state index in [-0.39, 0.29) is 17.1 Å². The van der Waals surface area contributed by atoms with Gasteiger partial charge < -0.3 is 14.6 Å². The number of allylic oxidation sites excluding steroid dienone is 2. The van der Waals surface area contributed by atoms with Crippen LogP contribution in [0.4, 0.5) is 0 Å². The molecule has 6 aromatic rings. The summed E-state index contributed by atoms with van der Waals surface area (Å²) in [7, 11) is 0. The standard InChI is InChI=1S/C45H36O5/c1-32-29-42(48)45(41(47)28-22-34-19-25-39(26-20-34)50-31-36-13-7-3-8-14-36)44(37-15-9-4-10-16-37)43(32)40(46)27-21-33-17-23-38(24-18-33)49-30-35-11-5-2-6-12-35/h2-29,48H,30-31H2,1H3/b27-21+,28-22+. The van der Waals surface area contributed by atoms with Crippen LogP contribution in [-0.2, 0) is 13.2 Å². The normalized spacial score (nSPS) is 11.1. The van der Waals surface area contributed by atoms with Gasteiger partial charge in [-0.15, -0.1) is 0 Å². The van der Waals surface area contributed by atoms with E-state index in [0.717, 1.165) is 28.0 Å². The van der Waals surface area contributed by atoms with Gasteiger partial charge in [-0.3, -0.25) is 9.59 Å². The molecule has 0 unspecified atom stereocenters. The first-order chi connectivity index (χ1) is 24.4. The zero-order valence-corrected chi connectivity index (χ0v) is 27.7. The fourth-order valence-electron chi connectivity index (χ4n) is 5.60. The Hall–Kier alpha value is -6.46. The molecule has 0 atom stereocenters. The van der Waals surface area contributed by atoms with Crippen molar-refractivity contribution in [3.8, 4) is 28.4 Å². The molecule has 50 heavy (non-hydrogen) atoms. The Morgan fingerprint density at radius 2 is 0.980 bits per heavy atom. The highest BCUT2D eigenvalue weighted by molar-refractivity contribution is 6.19. The maximum atomic E-state index is 13.9. The van der Waals surface area contributed by atoms with E-state index in [4.69, 9.17) is 9.47 Å². The molecule has 1 N–H and O–H groups in total. The van der Waals surface area contributed by atoms with Gasteiger partial charge in [0.15, 0.2) is 11.6 Å². The number of aryl methyl sites for hydroxylation is 1. The fourth-order valence-corrected chi connectivity index (χ4v) is 5.60. The van der Waals surface area contributed by atoms with Gasteiger partial charge >= 0.3 is 0 Å². The summed E-state index contributed by atoms with van der Waals surface area (Å²) in [6.07, 6.45) is 6.34. The molecule has 0 bridgehead atoms. The van der Waals surface area contributed by atoms with Crippen LogP contribution >= 0.6 is 0 Å². The Balaban J connectivity index is 1.22. The lowest BCUT2D eigenvalue weighted by molar-refractivity contribution is 0.104. The number of carbonyl (C=O) groups is 2. The molecule has 0 saturated carbocycles. The number of ether oxygens (including phenoxy) is 2. The predicted octanol–water partition coefficient (Wildman–Crippen LogP) is 10.3. The van der Waals surface area contributed by atoms with Crippen molar-refractivity contribution in [2.45, 2.75) is 20.1 Å². The molecule has 0 aromatic heterocycles. The summed E-state index contributed by atoms with van der Waals surface area (Å²) in [4.78, 5) is 27.7. The van der Waals surface area contributed by atoms with E-state index in [0.29, 0.717) is 41.2 Å². The van der Waals surface area contributed by atoms with Crippen LogP contribution in [0, 0.1) is 6.92 Å². The summed E-state index contributed by atoms with van der Waals surface area (Å²) in [6, 6.07) is 45.4. The monoisotopic (exact) mass is 656 g/mol. The van der Waals surface area contributed by atoms with E-state index in [9.17, 15) is 14.7 Å². The van der Waals surface area contributed by atoms with Crippen molar-refractivity contribution in [2.75, 3.05) is 0 Å². The van der Waals surface area contributed by atoms with Crippen LogP contribution in [0.2, 0.25) is 0 Å². The number of carbonyl (C=O) groups excluding carboxylic acids is 2. The predicted molar refractivity (Wildman–Crippen MR) is 199 cm³/mol. The van der Waals surface area contributed by atoms with Gasteiger partial charge in [0.05, 0.1) is 5.56 Å². The van der Waals surface area contributed by atoms with Gasteiger partial charge in [-0.2, -0.15) is 0 Å². The van der Waals surface area contributed by atoms with Crippen LogP contribution < -0.4 is 9.47 Å². The first-order valence-corrected chi connectivity index (χ1v) is 16.3. The Morgan fingerprint density at radius 1 is 0.560 bits per heavy atom. The average molecular weight is 657 g/mol. The largest absolute Gasteiger partial charge is 0.507 e. The van der Waals surface area contributed by atoms with Crippen LogP contribution in [0.3, 0.4) is 0 Å². The number of hydrogen-bond donors (Lipinski definition) is 1. The number of phenols is 1. The lowest BCUT2D eigenvalue weighted by Gasteiger charge is -2.16. The Bertz CT molecular complexity index is 1980. The maximum Gasteiger partial charge on any atom is 0.190 e. The second kappa shape index (κ2) is 16.1. The van der Waals surface area contributed by atoms with E-state index in [1.54, 1.807) is 19.1 Å². The Morgan fingerprint density at radius 3 is 1.44 bits per heavy atom. The molecule has 6 aromatic carbocycles. The number of rotatable bonds is 13. The van der Waals surface area contributed by atoms with Gasteiger partial charge in [0.1, 0.15) is 30.5 Å². The average Bonchev–Trinajstić information content (AvgIpc) is 3.16. The van der Waals surface area contributed by atoms with Gasteiger partial charge in [-0.05, 0) is 82.8 Å². The topological polar surface area (TPSA) is 72.8 Å². The quantitative estimate of drug-likeness (QED) is 0.0989. The molecule has 5 nitrogen and oxygen atoms in total. The van der Waals surface area contributed by atoms with Crippen LogP contribution in [-0.4, -0.2) is 16.7 Å². The molecule has 6 rings (SSSR count). The van der Waals surface area contributed by atoms with Crippen molar-refractivity contribution in [3.05, 3.63) is 197 Å². The second-order valence-electron chi connectivity index (χ2n) is 11.8. The maximum absolute atomic E-state index is 13.9. The summed E-state index contributed by atoms with van der Waals surface area (Å²) < 4.78 is 11.8. The zero-order chi connectivity index (χ0) is 34.7. The summed E-state index contributed by atoms with van der Waals surface area (Å²) in [5.74, 6) is 0.544. The number of ketones is 2. The smallest absolute Gasteiger partial charge is 0.190 e. The Labute approximate surface area is 292 Å². The third-order valence-electron chi connectivity index (χ3n) is 8.17. The number of benzene rings is 6. The van der Waals surface area contributed by atoms with Crippen molar-refractivity contribution in [1.82, 2.24) is 0 Å². The van der Waals surface area contributed by atoms with Crippen LogP contribution in [0.15, 0.2) is 158 Å². The number of phenolic OH excluding ortho intramolecular Hbond substituents is 1. The minimum Gasteiger partial charge on any atom is -0.507 e. The first kappa shape index (κ1) is 33.4. The van der Waals surface area contributed by atoms with Gasteiger partial charge in [-0.25, -0.2) is 0 Å². The van der Waals surface area contributed by atoms with Crippen molar-refractivity contribution < 1.29 is 24.2 Å². The molecule has 0 aliphatic heterocycles. The van der Waals surface area contributed by atoms with E-state index < -0.39 is 5.78 Å². The van der Waals surface area contributed by atoms with E-state index in [1.807, 2.05) is 140 Å². The van der Waals surface area contributed by atoms with Crippen molar-refractivity contribution in [1.29, 1.82) is 0 Å². The highest BCUT2D eigenvalue weighted by atomic mass is 16.5. The third kappa shape index (κ3) is 8.52. The van der Waals surface area contributed by atoms with E-state index in [1.165, 1.54) is 18.2 Å². The van der Waals surface area contributed by atoms with Crippen LogP contribution in [0.1, 0.15) is 48.5 Å². The second-order valence-corrected chi connectivity index (χ2v) is 11.8. The molecule has 0 spiro atoms. The fraction of sp³-hybridized carbons (Fsp3) is 0.0667. The number of hydrogen-bond acceptors (Lipinski definition) is 5. The van der Waals surface area contributed by atoms with Crippen molar-refractivity contribution in [3.63, 3.8) is 0 Å². The van der Waals surface area contributed by atoms with Gasteiger partial charge in [0, 0.05) is 11.1 Å². The van der Waals surface area contributed by atoms with Gasteiger partial charge in [-0.1, -0.05) is 127 Å². The molecule has 0 radical (unpaired) electrons. The molecule has 0 aliphatic carbocycles. The molecule has 0 heterocycles. The molecule has 0 fully saturated rings. The lowest BCUT2D eigenvalue weighted by atomic mass is 9.86. The van der Waals surface area contributed by atoms with Gasteiger partial charge in [0.2, 0.25) is 0 Å². The SMILES string of the molecule is Cc1cc(O)c(C(=O)/C=C/c2ccc(OCc3ccccc3)cc2)c(-c2ccccc2)c1C(=O)/C=C/c1ccc(OCc2ccccc2)cc1. The van der Waals surface area contributed by atoms with Crippen LogP contribution in [0.25, 0.3) is 23.3 Å². The van der Waals surface area contributed by atoms with Crippen LogP contribution in [0.5, 0.6) is 17.2 Å². The van der Waals surface area contributed by atoms with Crippen molar-refractivity contribution in [2.24, 2.45) is 0 Å². The molecule has 5 heteroatoms. The third-order valence-corrected chi connectivity index (χ3v) is 8.17. The Kier molecular flexibility index (Phi) is 10.8. The molecule has 0 saturated heterocycles.